The summed E-state index contributed by atoms with van der Waals surface area (Å²) >= 11 is 0. The molecule has 0 radical (unpaired) electrons. The van der Waals surface area contributed by atoms with Gasteiger partial charge in [0, 0.05) is 5.92 Å². The van der Waals surface area contributed by atoms with E-state index in [1.807, 2.05) is 6.07 Å². The van der Waals surface area contributed by atoms with Gasteiger partial charge in [-0.15, -0.1) is 0 Å². The average molecular weight is 179 g/mol. The van der Waals surface area contributed by atoms with E-state index in [1.54, 1.807) is 6.07 Å². The lowest BCUT2D eigenvalue weighted by molar-refractivity contribution is -0.119. The van der Waals surface area contributed by atoms with Gasteiger partial charge in [-0.1, -0.05) is 12.1 Å². The topological polar surface area (TPSA) is 43.1 Å². The fourth-order valence-electron chi connectivity index (χ4n) is 1.62. The molecule has 0 aliphatic heterocycles. The van der Waals surface area contributed by atoms with Crippen LogP contribution in [0.4, 0.5) is 4.39 Å². The van der Waals surface area contributed by atoms with Gasteiger partial charge in [0.1, 0.15) is 5.82 Å². The molecule has 1 aromatic carbocycles. The number of carbonyl (C=O) groups is 1. The molecule has 0 saturated heterocycles. The molecule has 13 heavy (non-hydrogen) atoms. The number of benzene rings is 1. The first kappa shape index (κ1) is 8.23. The summed E-state index contributed by atoms with van der Waals surface area (Å²) in [5.41, 5.74) is 6.01. The Hall–Kier alpha value is -1.38. The monoisotopic (exact) mass is 179 g/mol. The van der Waals surface area contributed by atoms with Crippen LogP contribution in [0.3, 0.4) is 0 Å². The Morgan fingerprint density at radius 3 is 2.85 bits per heavy atom. The van der Waals surface area contributed by atoms with E-state index in [4.69, 9.17) is 5.73 Å². The Labute approximate surface area is 75.6 Å². The first-order chi connectivity index (χ1) is 6.18. The van der Waals surface area contributed by atoms with E-state index in [1.165, 1.54) is 12.1 Å². The Balaban J connectivity index is 2.16. The molecule has 2 N–H and O–H groups in total. The van der Waals surface area contributed by atoms with E-state index in [0.717, 1.165) is 12.0 Å². The maximum atomic E-state index is 12.8. The van der Waals surface area contributed by atoms with E-state index in [-0.39, 0.29) is 23.6 Å². The van der Waals surface area contributed by atoms with Gasteiger partial charge in [0.05, 0.1) is 0 Å². The molecule has 0 aromatic heterocycles. The smallest absolute Gasteiger partial charge is 0.221 e. The molecule has 0 heterocycles. The van der Waals surface area contributed by atoms with Crippen LogP contribution in [-0.2, 0) is 4.79 Å². The minimum atomic E-state index is -0.283. The van der Waals surface area contributed by atoms with Crippen LogP contribution in [0.2, 0.25) is 0 Å². The van der Waals surface area contributed by atoms with Crippen molar-refractivity contribution in [1.29, 1.82) is 0 Å². The largest absolute Gasteiger partial charge is 0.369 e. The van der Waals surface area contributed by atoms with Gasteiger partial charge >= 0.3 is 0 Å². The molecule has 1 aromatic rings. The molecular formula is C10H10FNO. The fraction of sp³-hybridized carbons (Fsp3) is 0.300. The summed E-state index contributed by atoms with van der Waals surface area (Å²) in [5, 5.41) is 0. The molecule has 68 valence electrons. The van der Waals surface area contributed by atoms with Crippen molar-refractivity contribution in [2.24, 2.45) is 11.7 Å². The van der Waals surface area contributed by atoms with Crippen LogP contribution in [0, 0.1) is 11.7 Å². The lowest BCUT2D eigenvalue weighted by atomic mass is 10.1. The molecule has 1 aliphatic carbocycles. The van der Waals surface area contributed by atoms with Gasteiger partial charge < -0.3 is 5.73 Å². The number of hydrogen-bond acceptors (Lipinski definition) is 1. The van der Waals surface area contributed by atoms with Gasteiger partial charge in [0.2, 0.25) is 5.91 Å². The SMILES string of the molecule is NC(=O)C1CC1c1cccc(F)c1. The van der Waals surface area contributed by atoms with Crippen LogP contribution >= 0.6 is 0 Å². The molecule has 2 unspecified atom stereocenters. The van der Waals surface area contributed by atoms with E-state index in [0.29, 0.717) is 0 Å². The Morgan fingerprint density at radius 1 is 1.54 bits per heavy atom. The molecule has 0 bridgehead atoms. The highest BCUT2D eigenvalue weighted by molar-refractivity contribution is 5.81. The fourth-order valence-corrected chi connectivity index (χ4v) is 1.62. The quantitative estimate of drug-likeness (QED) is 0.732. The van der Waals surface area contributed by atoms with Crippen LogP contribution < -0.4 is 5.73 Å². The van der Waals surface area contributed by atoms with Gasteiger partial charge in [0.25, 0.3) is 0 Å². The maximum Gasteiger partial charge on any atom is 0.221 e. The summed E-state index contributed by atoms with van der Waals surface area (Å²) in [6, 6.07) is 6.34. The van der Waals surface area contributed by atoms with Crippen LogP contribution in [0.25, 0.3) is 0 Å². The van der Waals surface area contributed by atoms with Crippen molar-refractivity contribution in [3.8, 4) is 0 Å². The van der Waals surface area contributed by atoms with Crippen LogP contribution in [0.15, 0.2) is 24.3 Å². The predicted octanol–water partition coefficient (Wildman–Crippen LogP) is 1.41. The highest BCUT2D eigenvalue weighted by Crippen LogP contribution is 2.47. The molecule has 1 fully saturated rings. The van der Waals surface area contributed by atoms with E-state index in [2.05, 4.69) is 0 Å². The summed E-state index contributed by atoms with van der Waals surface area (Å²) in [7, 11) is 0. The number of carbonyl (C=O) groups excluding carboxylic acids is 1. The molecule has 1 saturated carbocycles. The van der Waals surface area contributed by atoms with Crippen LogP contribution in [-0.4, -0.2) is 5.91 Å². The van der Waals surface area contributed by atoms with E-state index < -0.39 is 0 Å². The first-order valence-corrected chi connectivity index (χ1v) is 4.23. The normalized spacial score (nSPS) is 25.6. The molecule has 1 amide bonds. The summed E-state index contributed by atoms with van der Waals surface area (Å²) < 4.78 is 12.8. The van der Waals surface area contributed by atoms with Crippen molar-refractivity contribution in [2.45, 2.75) is 12.3 Å². The summed E-state index contributed by atoms with van der Waals surface area (Å²) in [5.74, 6) is -0.475. The number of amides is 1. The van der Waals surface area contributed by atoms with Crippen LogP contribution in [0.5, 0.6) is 0 Å². The Morgan fingerprint density at radius 2 is 2.31 bits per heavy atom. The molecule has 2 rings (SSSR count). The standard InChI is InChI=1S/C10H10FNO/c11-7-3-1-2-6(4-7)8-5-9(8)10(12)13/h1-4,8-9H,5H2,(H2,12,13). The predicted molar refractivity (Wildman–Crippen MR) is 46.4 cm³/mol. The number of halogens is 1. The summed E-state index contributed by atoms with van der Waals surface area (Å²) in [6.07, 6.45) is 0.763. The van der Waals surface area contributed by atoms with Gasteiger partial charge in [-0.2, -0.15) is 0 Å². The van der Waals surface area contributed by atoms with Crippen molar-refractivity contribution in [1.82, 2.24) is 0 Å². The zero-order chi connectivity index (χ0) is 9.42. The van der Waals surface area contributed by atoms with E-state index in [9.17, 15) is 9.18 Å². The van der Waals surface area contributed by atoms with E-state index >= 15 is 0 Å². The highest BCUT2D eigenvalue weighted by atomic mass is 19.1. The third-order valence-corrected chi connectivity index (χ3v) is 2.43. The molecule has 2 nitrogen and oxygen atoms in total. The number of hydrogen-bond donors (Lipinski definition) is 1. The lowest BCUT2D eigenvalue weighted by Gasteiger charge is -1.97. The second-order valence-electron chi connectivity index (χ2n) is 3.41. The van der Waals surface area contributed by atoms with Gasteiger partial charge in [-0.3, -0.25) is 4.79 Å². The Bertz CT molecular complexity index is 351. The van der Waals surface area contributed by atoms with Crippen LogP contribution in [0.1, 0.15) is 17.9 Å². The molecule has 0 spiro atoms. The zero-order valence-electron chi connectivity index (χ0n) is 7.03. The molecular weight excluding hydrogens is 169 g/mol. The number of primary amides is 1. The van der Waals surface area contributed by atoms with Crippen molar-refractivity contribution < 1.29 is 9.18 Å². The van der Waals surface area contributed by atoms with Gasteiger partial charge in [-0.05, 0) is 30.0 Å². The summed E-state index contributed by atoms with van der Waals surface area (Å²) in [6.45, 7) is 0. The van der Waals surface area contributed by atoms with Gasteiger partial charge in [-0.25, -0.2) is 4.39 Å². The molecule has 1 aliphatic rings. The minimum Gasteiger partial charge on any atom is -0.369 e. The first-order valence-electron chi connectivity index (χ1n) is 4.23. The Kier molecular flexibility index (Phi) is 1.79. The zero-order valence-corrected chi connectivity index (χ0v) is 7.03. The average Bonchev–Trinajstić information content (AvgIpc) is 2.82. The molecule has 3 heteroatoms. The van der Waals surface area contributed by atoms with Crippen molar-refractivity contribution in [3.63, 3.8) is 0 Å². The second-order valence-corrected chi connectivity index (χ2v) is 3.41. The summed E-state index contributed by atoms with van der Waals surface area (Å²) in [4.78, 5) is 10.8. The molecule has 2 atom stereocenters. The number of rotatable bonds is 2. The minimum absolute atomic E-state index is 0.0817. The maximum absolute atomic E-state index is 12.8. The third-order valence-electron chi connectivity index (χ3n) is 2.43. The highest BCUT2D eigenvalue weighted by Gasteiger charge is 2.42. The van der Waals surface area contributed by atoms with Crippen molar-refractivity contribution >= 4 is 5.91 Å². The third kappa shape index (κ3) is 1.54. The van der Waals surface area contributed by atoms with Crippen molar-refractivity contribution in [3.05, 3.63) is 35.6 Å². The van der Waals surface area contributed by atoms with Crippen molar-refractivity contribution in [2.75, 3.05) is 0 Å². The lowest BCUT2D eigenvalue weighted by Crippen LogP contribution is -2.13. The van der Waals surface area contributed by atoms with Gasteiger partial charge in [0.15, 0.2) is 0 Å². The number of nitrogens with two attached hydrogens (primary N) is 1. The second kappa shape index (κ2) is 2.83.